The van der Waals surface area contributed by atoms with Crippen molar-refractivity contribution < 1.29 is 19.1 Å². The van der Waals surface area contributed by atoms with Gasteiger partial charge in [0.15, 0.2) is 6.10 Å². The van der Waals surface area contributed by atoms with Crippen LogP contribution in [0, 0.1) is 6.92 Å². The highest BCUT2D eigenvalue weighted by Crippen LogP contribution is 2.18. The second kappa shape index (κ2) is 9.61. The lowest BCUT2D eigenvalue weighted by atomic mass is 10.2. The van der Waals surface area contributed by atoms with Crippen LogP contribution < -0.4 is 10.1 Å². The number of benzene rings is 2. The van der Waals surface area contributed by atoms with Gasteiger partial charge in [0.1, 0.15) is 5.75 Å². The van der Waals surface area contributed by atoms with Gasteiger partial charge in [-0.1, -0.05) is 31.5 Å². The highest BCUT2D eigenvalue weighted by Gasteiger charge is 2.16. The van der Waals surface area contributed by atoms with E-state index in [-0.39, 0.29) is 11.9 Å². The monoisotopic (exact) mass is 355 g/mol. The molecule has 138 valence electrons. The number of carbonyl (C=O) groups excluding carboxylic acids is 2. The normalized spacial score (nSPS) is 11.5. The van der Waals surface area contributed by atoms with Crippen LogP contribution in [0.4, 0.5) is 5.69 Å². The Morgan fingerprint density at radius 2 is 1.77 bits per heavy atom. The largest absolute Gasteiger partial charge is 0.481 e. The van der Waals surface area contributed by atoms with Crippen LogP contribution >= 0.6 is 0 Å². The molecule has 0 aliphatic heterocycles. The number of carbonyl (C=O) groups is 2. The molecule has 2 rings (SSSR count). The van der Waals surface area contributed by atoms with Gasteiger partial charge >= 0.3 is 5.97 Å². The molecule has 0 saturated heterocycles. The Morgan fingerprint density at radius 3 is 2.42 bits per heavy atom. The Morgan fingerprint density at radius 1 is 1.08 bits per heavy atom. The Kier molecular flexibility index (Phi) is 7.21. The van der Waals surface area contributed by atoms with Gasteiger partial charge in [0.05, 0.1) is 12.2 Å². The summed E-state index contributed by atoms with van der Waals surface area (Å²) in [6.45, 7) is 6.08. The number of hydrogen-bond acceptors (Lipinski definition) is 4. The van der Waals surface area contributed by atoms with Gasteiger partial charge in [-0.25, -0.2) is 4.79 Å². The number of nitrogens with one attached hydrogen (secondary N) is 1. The van der Waals surface area contributed by atoms with Gasteiger partial charge in [-0.05, 0) is 56.2 Å². The maximum atomic E-state index is 12.3. The maximum Gasteiger partial charge on any atom is 0.338 e. The predicted molar refractivity (Wildman–Crippen MR) is 102 cm³/mol. The van der Waals surface area contributed by atoms with Crippen LogP contribution in [0.15, 0.2) is 48.5 Å². The quantitative estimate of drug-likeness (QED) is 0.564. The molecule has 2 aromatic carbocycles. The SMILES string of the molecule is CCCCOC(=O)c1ccc(NC(=O)[C@H](C)Oc2ccccc2C)cc1. The topological polar surface area (TPSA) is 64.6 Å². The number of unbranched alkanes of at least 4 members (excludes halogenated alkanes) is 1. The van der Waals surface area contributed by atoms with Crippen molar-refractivity contribution in [3.8, 4) is 5.75 Å². The molecule has 1 N–H and O–H groups in total. The van der Waals surface area contributed by atoms with Crippen molar-refractivity contribution >= 4 is 17.6 Å². The van der Waals surface area contributed by atoms with Crippen LogP contribution in [0.3, 0.4) is 0 Å². The van der Waals surface area contributed by atoms with Gasteiger partial charge < -0.3 is 14.8 Å². The highest BCUT2D eigenvalue weighted by atomic mass is 16.5. The Hall–Kier alpha value is -2.82. The molecule has 0 fully saturated rings. The number of hydrogen-bond donors (Lipinski definition) is 1. The van der Waals surface area contributed by atoms with Crippen molar-refractivity contribution in [1.82, 2.24) is 0 Å². The van der Waals surface area contributed by atoms with E-state index < -0.39 is 6.10 Å². The van der Waals surface area contributed by atoms with E-state index >= 15 is 0 Å². The Bertz CT molecular complexity index is 740. The first-order valence-electron chi connectivity index (χ1n) is 8.81. The van der Waals surface area contributed by atoms with Crippen LogP contribution in [-0.4, -0.2) is 24.6 Å². The van der Waals surface area contributed by atoms with Crippen LogP contribution in [0.2, 0.25) is 0 Å². The van der Waals surface area contributed by atoms with Crippen molar-refractivity contribution in [2.75, 3.05) is 11.9 Å². The standard InChI is InChI=1S/C21H25NO4/c1-4-5-14-25-21(24)17-10-12-18(13-11-17)22-20(23)16(3)26-19-9-7-6-8-15(19)2/h6-13,16H,4-5,14H2,1-3H3,(H,22,23)/t16-/m0/s1. The van der Waals surface area contributed by atoms with E-state index in [0.29, 0.717) is 23.6 Å². The van der Waals surface area contributed by atoms with E-state index in [0.717, 1.165) is 18.4 Å². The van der Waals surface area contributed by atoms with Gasteiger partial charge in [0.2, 0.25) is 0 Å². The Balaban J connectivity index is 1.90. The van der Waals surface area contributed by atoms with Gasteiger partial charge in [-0.2, -0.15) is 0 Å². The summed E-state index contributed by atoms with van der Waals surface area (Å²) < 4.78 is 10.9. The van der Waals surface area contributed by atoms with Crippen LogP contribution in [0.5, 0.6) is 5.75 Å². The summed E-state index contributed by atoms with van der Waals surface area (Å²) in [6.07, 6.45) is 1.18. The third-order valence-electron chi connectivity index (χ3n) is 3.89. The summed E-state index contributed by atoms with van der Waals surface area (Å²) >= 11 is 0. The lowest BCUT2D eigenvalue weighted by molar-refractivity contribution is -0.122. The van der Waals surface area contributed by atoms with E-state index in [9.17, 15) is 9.59 Å². The van der Waals surface area contributed by atoms with Gasteiger partial charge in [-0.15, -0.1) is 0 Å². The first kappa shape index (κ1) is 19.5. The first-order chi connectivity index (χ1) is 12.5. The number of ether oxygens (including phenoxy) is 2. The molecule has 0 aromatic heterocycles. The van der Waals surface area contributed by atoms with Crippen molar-refractivity contribution in [3.63, 3.8) is 0 Å². The van der Waals surface area contributed by atoms with Crippen LogP contribution in [0.25, 0.3) is 0 Å². The fourth-order valence-corrected chi connectivity index (χ4v) is 2.26. The molecule has 0 spiro atoms. The smallest absolute Gasteiger partial charge is 0.338 e. The van der Waals surface area contributed by atoms with Crippen molar-refractivity contribution in [2.24, 2.45) is 0 Å². The van der Waals surface area contributed by atoms with Crippen LogP contribution in [0.1, 0.15) is 42.6 Å². The van der Waals surface area contributed by atoms with Gasteiger partial charge in [0.25, 0.3) is 5.91 Å². The Labute approximate surface area is 154 Å². The van der Waals surface area contributed by atoms with E-state index in [1.165, 1.54) is 0 Å². The number of anilines is 1. The predicted octanol–water partition coefficient (Wildman–Crippen LogP) is 4.36. The average molecular weight is 355 g/mol. The summed E-state index contributed by atoms with van der Waals surface area (Å²) in [4.78, 5) is 24.2. The lowest BCUT2D eigenvalue weighted by Gasteiger charge is -2.16. The molecule has 0 bridgehead atoms. The summed E-state index contributed by atoms with van der Waals surface area (Å²) in [5, 5.41) is 2.78. The molecule has 0 radical (unpaired) electrons. The summed E-state index contributed by atoms with van der Waals surface area (Å²) in [5.74, 6) is 0.0689. The molecular weight excluding hydrogens is 330 g/mol. The van der Waals surface area contributed by atoms with E-state index in [2.05, 4.69) is 5.32 Å². The van der Waals surface area contributed by atoms with Crippen LogP contribution in [-0.2, 0) is 9.53 Å². The minimum Gasteiger partial charge on any atom is -0.481 e. The van der Waals surface area contributed by atoms with Crippen molar-refractivity contribution in [3.05, 3.63) is 59.7 Å². The molecule has 1 atom stereocenters. The second-order valence-electron chi connectivity index (χ2n) is 6.08. The molecule has 0 saturated carbocycles. The molecular formula is C21H25NO4. The third-order valence-corrected chi connectivity index (χ3v) is 3.89. The number of amides is 1. The average Bonchev–Trinajstić information content (AvgIpc) is 2.64. The molecule has 1 amide bonds. The summed E-state index contributed by atoms with van der Waals surface area (Å²) in [6, 6.07) is 14.2. The van der Waals surface area contributed by atoms with Crippen molar-refractivity contribution in [2.45, 2.75) is 39.7 Å². The fourth-order valence-electron chi connectivity index (χ4n) is 2.26. The summed E-state index contributed by atoms with van der Waals surface area (Å²) in [7, 11) is 0. The lowest BCUT2D eigenvalue weighted by Crippen LogP contribution is -2.30. The molecule has 0 aliphatic rings. The fraction of sp³-hybridized carbons (Fsp3) is 0.333. The van der Waals surface area contributed by atoms with E-state index in [1.54, 1.807) is 31.2 Å². The van der Waals surface area contributed by atoms with Gasteiger partial charge in [0, 0.05) is 5.69 Å². The molecule has 0 heterocycles. The molecule has 26 heavy (non-hydrogen) atoms. The zero-order valence-corrected chi connectivity index (χ0v) is 15.5. The molecule has 5 heteroatoms. The minimum atomic E-state index is -0.644. The summed E-state index contributed by atoms with van der Waals surface area (Å²) in [5.41, 5.74) is 2.03. The zero-order chi connectivity index (χ0) is 18.9. The molecule has 2 aromatic rings. The first-order valence-corrected chi connectivity index (χ1v) is 8.81. The van der Waals surface area contributed by atoms with Crippen molar-refractivity contribution in [1.29, 1.82) is 0 Å². The van der Waals surface area contributed by atoms with Gasteiger partial charge in [-0.3, -0.25) is 4.79 Å². The number of rotatable bonds is 8. The number of para-hydroxylation sites is 1. The van der Waals surface area contributed by atoms with E-state index in [4.69, 9.17) is 9.47 Å². The minimum absolute atomic E-state index is 0.258. The number of esters is 1. The highest BCUT2D eigenvalue weighted by molar-refractivity contribution is 5.95. The molecule has 0 unspecified atom stereocenters. The molecule has 0 aliphatic carbocycles. The maximum absolute atomic E-state index is 12.3. The number of aryl methyl sites for hydroxylation is 1. The second-order valence-corrected chi connectivity index (χ2v) is 6.08. The van der Waals surface area contributed by atoms with E-state index in [1.807, 2.05) is 38.1 Å². The molecule has 5 nitrogen and oxygen atoms in total. The zero-order valence-electron chi connectivity index (χ0n) is 15.5. The third kappa shape index (κ3) is 5.62.